The Morgan fingerprint density at radius 3 is 2.50 bits per heavy atom. The number of hydrogen-bond donors (Lipinski definition) is 1. The van der Waals surface area contributed by atoms with E-state index in [9.17, 15) is 9.90 Å². The Balaban J connectivity index is 1.70. The molecule has 1 saturated heterocycles. The predicted octanol–water partition coefficient (Wildman–Crippen LogP) is 4.41. The Labute approximate surface area is 188 Å². The standard InChI is InChI=1S/C25H29NO6/c1-15-7-5-6-10-26(15)14-18-19(27)9-8-17-24(28)23(32-25(17)18)12-16-11-21(30-3)22(31-4)13-20(16)29-2/h8-9,11-13,15,27H,5-7,10,14H2,1-4H3. The smallest absolute Gasteiger partial charge is 0.231 e. The number of nitrogens with zero attached hydrogens (tertiary/aromatic N) is 1. The molecule has 0 bridgehead atoms. The van der Waals surface area contributed by atoms with Gasteiger partial charge in [-0.3, -0.25) is 9.69 Å². The molecule has 0 aliphatic carbocycles. The van der Waals surface area contributed by atoms with E-state index in [2.05, 4.69) is 11.8 Å². The van der Waals surface area contributed by atoms with Crippen LogP contribution in [0.1, 0.15) is 47.7 Å². The maximum atomic E-state index is 13.1. The first-order chi connectivity index (χ1) is 15.5. The largest absolute Gasteiger partial charge is 0.507 e. The number of piperidine rings is 1. The van der Waals surface area contributed by atoms with Crippen LogP contribution in [0, 0.1) is 0 Å². The molecule has 7 nitrogen and oxygen atoms in total. The summed E-state index contributed by atoms with van der Waals surface area (Å²) in [6.45, 7) is 3.69. The number of ketones is 1. The van der Waals surface area contributed by atoms with Crippen molar-refractivity contribution in [3.05, 3.63) is 46.7 Å². The number of aromatic hydroxyl groups is 1. The molecule has 1 fully saturated rings. The van der Waals surface area contributed by atoms with Gasteiger partial charge < -0.3 is 24.1 Å². The number of carbonyl (C=O) groups excluding carboxylic acids is 1. The lowest BCUT2D eigenvalue weighted by atomic mass is 10.0. The van der Waals surface area contributed by atoms with Crippen LogP contribution in [0.15, 0.2) is 30.0 Å². The number of phenols is 1. The monoisotopic (exact) mass is 439 g/mol. The summed E-state index contributed by atoms with van der Waals surface area (Å²) in [5.41, 5.74) is 1.72. The van der Waals surface area contributed by atoms with Crippen LogP contribution < -0.4 is 18.9 Å². The molecule has 2 aromatic rings. The molecule has 1 unspecified atom stereocenters. The molecule has 2 aliphatic heterocycles. The molecule has 2 heterocycles. The van der Waals surface area contributed by atoms with Gasteiger partial charge in [0.2, 0.25) is 5.78 Å². The zero-order chi connectivity index (χ0) is 22.8. The highest BCUT2D eigenvalue weighted by molar-refractivity contribution is 6.15. The predicted molar refractivity (Wildman–Crippen MR) is 121 cm³/mol. The summed E-state index contributed by atoms with van der Waals surface area (Å²) < 4.78 is 22.2. The van der Waals surface area contributed by atoms with Crippen molar-refractivity contribution in [2.45, 2.75) is 38.8 Å². The van der Waals surface area contributed by atoms with E-state index in [1.807, 2.05) is 0 Å². The molecule has 170 valence electrons. The minimum Gasteiger partial charge on any atom is -0.507 e. The van der Waals surface area contributed by atoms with Gasteiger partial charge in [-0.15, -0.1) is 0 Å². The summed E-state index contributed by atoms with van der Waals surface area (Å²) in [6.07, 6.45) is 5.10. The second-order valence-electron chi connectivity index (χ2n) is 8.14. The van der Waals surface area contributed by atoms with Crippen molar-refractivity contribution in [1.29, 1.82) is 0 Å². The molecular weight excluding hydrogens is 410 g/mol. The fourth-order valence-electron chi connectivity index (χ4n) is 4.35. The molecule has 32 heavy (non-hydrogen) atoms. The van der Waals surface area contributed by atoms with Crippen LogP contribution in [0.3, 0.4) is 0 Å². The van der Waals surface area contributed by atoms with Crippen LogP contribution in [-0.2, 0) is 6.54 Å². The van der Waals surface area contributed by atoms with Gasteiger partial charge in [-0.1, -0.05) is 6.42 Å². The SMILES string of the molecule is COc1cc(OC)c(OC)cc1C=C1Oc2c(ccc(O)c2CN2CCCCC2C)C1=O. The Kier molecular flexibility index (Phi) is 6.28. The number of benzene rings is 2. The highest BCUT2D eigenvalue weighted by atomic mass is 16.5. The van der Waals surface area contributed by atoms with Crippen molar-refractivity contribution in [2.24, 2.45) is 0 Å². The summed E-state index contributed by atoms with van der Waals surface area (Å²) in [5, 5.41) is 10.6. The van der Waals surface area contributed by atoms with Gasteiger partial charge in [0.1, 0.15) is 17.2 Å². The molecule has 4 rings (SSSR count). The highest BCUT2D eigenvalue weighted by Gasteiger charge is 2.33. The van der Waals surface area contributed by atoms with Crippen molar-refractivity contribution < 1.29 is 28.8 Å². The zero-order valence-corrected chi connectivity index (χ0v) is 18.9. The maximum Gasteiger partial charge on any atom is 0.231 e. The molecule has 0 aromatic heterocycles. The first kappa shape index (κ1) is 22.0. The van der Waals surface area contributed by atoms with Crippen molar-refractivity contribution >= 4 is 11.9 Å². The number of ether oxygens (including phenoxy) is 4. The van der Waals surface area contributed by atoms with Gasteiger partial charge in [0.05, 0.1) is 32.5 Å². The second-order valence-corrected chi connectivity index (χ2v) is 8.14. The number of Topliss-reactive ketones (excluding diaryl/α,β-unsaturated/α-hetero) is 1. The van der Waals surface area contributed by atoms with E-state index in [1.165, 1.54) is 6.42 Å². The van der Waals surface area contributed by atoms with E-state index in [0.717, 1.165) is 19.4 Å². The van der Waals surface area contributed by atoms with Crippen molar-refractivity contribution in [2.75, 3.05) is 27.9 Å². The number of phenolic OH excluding ortho intramolecular Hbond substituents is 1. The van der Waals surface area contributed by atoms with Crippen molar-refractivity contribution in [3.8, 4) is 28.7 Å². The molecule has 2 aromatic carbocycles. The lowest BCUT2D eigenvalue weighted by Gasteiger charge is -2.33. The van der Waals surface area contributed by atoms with E-state index in [-0.39, 0.29) is 17.3 Å². The molecule has 1 N–H and O–H groups in total. The van der Waals surface area contributed by atoms with Gasteiger partial charge in [0, 0.05) is 24.2 Å². The molecule has 0 amide bonds. The normalized spacial score (nSPS) is 19.6. The van der Waals surface area contributed by atoms with Gasteiger partial charge >= 0.3 is 0 Å². The molecule has 0 saturated carbocycles. The van der Waals surface area contributed by atoms with Crippen molar-refractivity contribution in [1.82, 2.24) is 4.90 Å². The van der Waals surface area contributed by atoms with Crippen LogP contribution >= 0.6 is 0 Å². The number of likely N-dealkylation sites (tertiary alicyclic amines) is 1. The first-order valence-electron chi connectivity index (χ1n) is 10.8. The third-order valence-corrected chi connectivity index (χ3v) is 6.24. The molecule has 7 heteroatoms. The zero-order valence-electron chi connectivity index (χ0n) is 18.9. The third-order valence-electron chi connectivity index (χ3n) is 6.24. The van der Waals surface area contributed by atoms with Crippen LogP contribution in [0.2, 0.25) is 0 Å². The van der Waals surface area contributed by atoms with E-state index in [4.69, 9.17) is 18.9 Å². The Morgan fingerprint density at radius 1 is 1.09 bits per heavy atom. The first-order valence-corrected chi connectivity index (χ1v) is 10.8. The van der Waals surface area contributed by atoms with Crippen LogP contribution in [0.4, 0.5) is 0 Å². The number of methoxy groups -OCH3 is 3. The van der Waals surface area contributed by atoms with Gasteiger partial charge in [-0.2, -0.15) is 0 Å². The van der Waals surface area contributed by atoms with Crippen molar-refractivity contribution in [3.63, 3.8) is 0 Å². The van der Waals surface area contributed by atoms with Gasteiger partial charge in [-0.25, -0.2) is 0 Å². The van der Waals surface area contributed by atoms with Gasteiger partial charge in [0.15, 0.2) is 17.3 Å². The highest BCUT2D eigenvalue weighted by Crippen LogP contribution is 2.42. The van der Waals surface area contributed by atoms with Gasteiger partial charge in [-0.05, 0) is 50.6 Å². The average molecular weight is 440 g/mol. The molecular formula is C25H29NO6. The number of hydrogen-bond acceptors (Lipinski definition) is 7. The Hall–Kier alpha value is -3.19. The molecule has 0 radical (unpaired) electrons. The topological polar surface area (TPSA) is 77.5 Å². The van der Waals surface area contributed by atoms with Crippen LogP contribution in [0.5, 0.6) is 28.7 Å². The average Bonchev–Trinajstić information content (AvgIpc) is 3.12. The van der Waals surface area contributed by atoms with E-state index >= 15 is 0 Å². The number of carbonyl (C=O) groups is 1. The lowest BCUT2D eigenvalue weighted by Crippen LogP contribution is -2.36. The summed E-state index contributed by atoms with van der Waals surface area (Å²) in [4.78, 5) is 15.4. The Bertz CT molecular complexity index is 1060. The summed E-state index contributed by atoms with van der Waals surface area (Å²) in [6, 6.07) is 7.04. The van der Waals surface area contributed by atoms with E-state index in [1.54, 1.807) is 51.7 Å². The van der Waals surface area contributed by atoms with Gasteiger partial charge in [0.25, 0.3) is 0 Å². The maximum absolute atomic E-state index is 13.1. The van der Waals surface area contributed by atoms with Crippen LogP contribution in [-0.4, -0.2) is 49.7 Å². The molecule has 1 atom stereocenters. The van der Waals surface area contributed by atoms with E-state index < -0.39 is 0 Å². The number of fused-ring (bicyclic) bond motifs is 1. The quantitative estimate of drug-likeness (QED) is 0.668. The lowest BCUT2D eigenvalue weighted by molar-refractivity contribution is 0.101. The third kappa shape index (κ3) is 4.00. The van der Waals surface area contributed by atoms with Crippen LogP contribution in [0.25, 0.3) is 6.08 Å². The second kappa shape index (κ2) is 9.12. The number of rotatable bonds is 6. The fourth-order valence-corrected chi connectivity index (χ4v) is 4.35. The molecule has 2 aliphatic rings. The minimum absolute atomic E-state index is 0.138. The minimum atomic E-state index is -0.232. The Morgan fingerprint density at radius 2 is 1.81 bits per heavy atom. The summed E-state index contributed by atoms with van der Waals surface area (Å²) >= 11 is 0. The molecule has 0 spiro atoms. The van der Waals surface area contributed by atoms with E-state index in [0.29, 0.717) is 52.3 Å². The number of allylic oxidation sites excluding steroid dienone is 1. The summed E-state index contributed by atoms with van der Waals surface area (Å²) in [7, 11) is 4.64. The fraction of sp³-hybridized carbons (Fsp3) is 0.400. The summed E-state index contributed by atoms with van der Waals surface area (Å²) in [5.74, 6) is 2.07.